The van der Waals surface area contributed by atoms with E-state index in [4.69, 9.17) is 0 Å². The summed E-state index contributed by atoms with van der Waals surface area (Å²) in [6.07, 6.45) is 0.297. The molecule has 2 rings (SSSR count). The number of rotatable bonds is 3. The van der Waals surface area contributed by atoms with E-state index in [0.717, 1.165) is 16.0 Å². The standard InChI is InChI=1S/C13H12O3S/c1-16-13(15)7-9-6-12(17-8-9)10-2-4-11(14)5-3-10/h2-6,8,14H,7H2,1H3. The maximum absolute atomic E-state index is 11.1. The van der Waals surface area contributed by atoms with Gasteiger partial charge in [-0.25, -0.2) is 0 Å². The van der Waals surface area contributed by atoms with E-state index in [9.17, 15) is 9.90 Å². The van der Waals surface area contributed by atoms with E-state index in [-0.39, 0.29) is 11.7 Å². The second-order valence-electron chi connectivity index (χ2n) is 3.62. The number of hydrogen-bond acceptors (Lipinski definition) is 4. The van der Waals surface area contributed by atoms with Crippen LogP contribution in [-0.4, -0.2) is 18.2 Å². The first kappa shape index (κ1) is 11.7. The average Bonchev–Trinajstić information content (AvgIpc) is 2.78. The molecular weight excluding hydrogens is 236 g/mol. The van der Waals surface area contributed by atoms with Crippen LogP contribution in [0.4, 0.5) is 0 Å². The van der Waals surface area contributed by atoms with Gasteiger partial charge in [0.05, 0.1) is 13.5 Å². The lowest BCUT2D eigenvalue weighted by atomic mass is 10.1. The monoisotopic (exact) mass is 248 g/mol. The van der Waals surface area contributed by atoms with Gasteiger partial charge in [-0.05, 0) is 46.8 Å². The summed E-state index contributed by atoms with van der Waals surface area (Å²) in [7, 11) is 1.38. The highest BCUT2D eigenvalue weighted by Gasteiger charge is 2.07. The molecule has 0 saturated carbocycles. The highest BCUT2D eigenvalue weighted by Crippen LogP contribution is 2.28. The fourth-order valence-corrected chi connectivity index (χ4v) is 2.41. The SMILES string of the molecule is COC(=O)Cc1csc(-c2ccc(O)cc2)c1. The van der Waals surface area contributed by atoms with Crippen LogP contribution in [0.15, 0.2) is 35.7 Å². The van der Waals surface area contributed by atoms with Gasteiger partial charge in [-0.3, -0.25) is 4.79 Å². The quantitative estimate of drug-likeness (QED) is 0.850. The summed E-state index contributed by atoms with van der Waals surface area (Å²) in [4.78, 5) is 12.2. The summed E-state index contributed by atoms with van der Waals surface area (Å²) in [5, 5.41) is 11.1. The molecule has 3 nitrogen and oxygen atoms in total. The molecule has 88 valence electrons. The molecule has 0 radical (unpaired) electrons. The Labute approximate surface area is 103 Å². The third-order valence-electron chi connectivity index (χ3n) is 2.38. The average molecular weight is 248 g/mol. The van der Waals surface area contributed by atoms with Gasteiger partial charge in [0.25, 0.3) is 0 Å². The van der Waals surface area contributed by atoms with Crippen molar-refractivity contribution < 1.29 is 14.6 Å². The number of benzene rings is 1. The van der Waals surface area contributed by atoms with Crippen LogP contribution >= 0.6 is 11.3 Å². The second kappa shape index (κ2) is 5.01. The third-order valence-corrected chi connectivity index (χ3v) is 3.41. The molecule has 0 amide bonds. The first-order valence-corrected chi connectivity index (χ1v) is 6.00. The van der Waals surface area contributed by atoms with E-state index < -0.39 is 0 Å². The van der Waals surface area contributed by atoms with Crippen molar-refractivity contribution in [2.75, 3.05) is 7.11 Å². The Kier molecular flexibility index (Phi) is 3.44. The number of carbonyl (C=O) groups excluding carboxylic acids is 1. The van der Waals surface area contributed by atoms with Crippen molar-refractivity contribution in [2.45, 2.75) is 6.42 Å². The molecule has 0 bridgehead atoms. The van der Waals surface area contributed by atoms with Gasteiger partial charge in [0, 0.05) is 4.88 Å². The number of methoxy groups -OCH3 is 1. The van der Waals surface area contributed by atoms with E-state index in [1.807, 2.05) is 23.6 Å². The van der Waals surface area contributed by atoms with Gasteiger partial charge in [-0.2, -0.15) is 0 Å². The maximum Gasteiger partial charge on any atom is 0.310 e. The fourth-order valence-electron chi connectivity index (χ4n) is 1.48. The van der Waals surface area contributed by atoms with E-state index in [0.29, 0.717) is 6.42 Å². The largest absolute Gasteiger partial charge is 0.508 e. The van der Waals surface area contributed by atoms with Crippen molar-refractivity contribution >= 4 is 17.3 Å². The van der Waals surface area contributed by atoms with Gasteiger partial charge in [0.1, 0.15) is 5.75 Å². The number of ether oxygens (including phenoxy) is 1. The molecule has 0 aliphatic rings. The molecule has 0 fully saturated rings. The van der Waals surface area contributed by atoms with E-state index in [1.165, 1.54) is 7.11 Å². The Bertz CT molecular complexity index is 514. The smallest absolute Gasteiger partial charge is 0.310 e. The maximum atomic E-state index is 11.1. The van der Waals surface area contributed by atoms with Crippen LogP contribution in [0.25, 0.3) is 10.4 Å². The lowest BCUT2D eigenvalue weighted by molar-refractivity contribution is -0.139. The Morgan fingerprint density at radius 3 is 2.71 bits per heavy atom. The number of esters is 1. The van der Waals surface area contributed by atoms with E-state index >= 15 is 0 Å². The zero-order chi connectivity index (χ0) is 12.3. The van der Waals surface area contributed by atoms with E-state index in [1.54, 1.807) is 23.5 Å². The van der Waals surface area contributed by atoms with Crippen LogP contribution in [0.2, 0.25) is 0 Å². The molecule has 1 aromatic carbocycles. The Balaban J connectivity index is 2.18. The molecule has 0 aliphatic heterocycles. The van der Waals surface area contributed by atoms with Crippen molar-refractivity contribution in [3.63, 3.8) is 0 Å². The first-order chi connectivity index (χ1) is 8.19. The molecule has 0 aliphatic carbocycles. The topological polar surface area (TPSA) is 46.5 Å². The summed E-state index contributed by atoms with van der Waals surface area (Å²) in [6.45, 7) is 0. The highest BCUT2D eigenvalue weighted by molar-refractivity contribution is 7.13. The van der Waals surface area contributed by atoms with Crippen LogP contribution in [0.5, 0.6) is 5.75 Å². The molecule has 0 spiro atoms. The lowest BCUT2D eigenvalue weighted by Crippen LogP contribution is -2.03. The van der Waals surface area contributed by atoms with Gasteiger partial charge in [-0.15, -0.1) is 11.3 Å². The van der Waals surface area contributed by atoms with Crippen LogP contribution in [0.1, 0.15) is 5.56 Å². The zero-order valence-corrected chi connectivity index (χ0v) is 10.2. The Morgan fingerprint density at radius 1 is 1.35 bits per heavy atom. The fraction of sp³-hybridized carbons (Fsp3) is 0.154. The molecule has 0 unspecified atom stereocenters. The molecule has 4 heteroatoms. The van der Waals surface area contributed by atoms with Gasteiger partial charge in [0.15, 0.2) is 0 Å². The van der Waals surface area contributed by atoms with Gasteiger partial charge >= 0.3 is 5.97 Å². The molecule has 1 N–H and O–H groups in total. The summed E-state index contributed by atoms with van der Waals surface area (Å²) < 4.78 is 4.62. The Hall–Kier alpha value is -1.81. The normalized spacial score (nSPS) is 10.2. The predicted molar refractivity (Wildman–Crippen MR) is 67.1 cm³/mol. The summed E-state index contributed by atoms with van der Waals surface area (Å²) in [6, 6.07) is 8.96. The highest BCUT2D eigenvalue weighted by atomic mass is 32.1. The number of phenols is 1. The van der Waals surface area contributed by atoms with Crippen LogP contribution in [-0.2, 0) is 16.0 Å². The summed E-state index contributed by atoms with van der Waals surface area (Å²) >= 11 is 1.57. The number of carbonyl (C=O) groups is 1. The third kappa shape index (κ3) is 2.85. The van der Waals surface area contributed by atoms with Gasteiger partial charge in [0.2, 0.25) is 0 Å². The first-order valence-electron chi connectivity index (χ1n) is 5.12. The minimum atomic E-state index is -0.236. The number of aromatic hydroxyl groups is 1. The predicted octanol–water partition coefficient (Wildman–Crippen LogP) is 2.84. The van der Waals surface area contributed by atoms with Gasteiger partial charge < -0.3 is 9.84 Å². The minimum Gasteiger partial charge on any atom is -0.508 e. The molecule has 0 saturated heterocycles. The zero-order valence-electron chi connectivity index (χ0n) is 9.34. The Morgan fingerprint density at radius 2 is 2.06 bits per heavy atom. The van der Waals surface area contributed by atoms with Crippen LogP contribution in [0.3, 0.4) is 0 Å². The summed E-state index contributed by atoms with van der Waals surface area (Å²) in [5.74, 6) is 0.0140. The van der Waals surface area contributed by atoms with Gasteiger partial charge in [-0.1, -0.05) is 0 Å². The lowest BCUT2D eigenvalue weighted by Gasteiger charge is -1.97. The van der Waals surface area contributed by atoms with Crippen LogP contribution < -0.4 is 0 Å². The van der Waals surface area contributed by atoms with Crippen molar-refractivity contribution in [1.82, 2.24) is 0 Å². The van der Waals surface area contributed by atoms with E-state index in [2.05, 4.69) is 4.74 Å². The molecular formula is C13H12O3S. The number of hydrogen-bond donors (Lipinski definition) is 1. The van der Waals surface area contributed by atoms with Crippen LogP contribution in [0, 0.1) is 0 Å². The molecule has 2 aromatic rings. The summed E-state index contributed by atoms with van der Waals surface area (Å²) in [5.41, 5.74) is 1.98. The number of thiophene rings is 1. The van der Waals surface area contributed by atoms with Crippen molar-refractivity contribution in [1.29, 1.82) is 0 Å². The molecule has 0 atom stereocenters. The molecule has 1 aromatic heterocycles. The van der Waals surface area contributed by atoms with Crippen molar-refractivity contribution in [3.05, 3.63) is 41.3 Å². The second-order valence-corrected chi connectivity index (χ2v) is 4.53. The van der Waals surface area contributed by atoms with Crippen molar-refractivity contribution in [2.24, 2.45) is 0 Å². The number of phenolic OH excluding ortho intramolecular Hbond substituents is 1. The minimum absolute atomic E-state index is 0.236. The molecule has 1 heterocycles. The molecule has 17 heavy (non-hydrogen) atoms. The van der Waals surface area contributed by atoms with Crippen molar-refractivity contribution in [3.8, 4) is 16.2 Å².